The molecule has 0 saturated heterocycles. The van der Waals surface area contributed by atoms with Crippen molar-refractivity contribution in [3.8, 4) is 5.75 Å². The average molecular weight is 169 g/mol. The Morgan fingerprint density at radius 2 is 2.18 bits per heavy atom. The van der Waals surface area contributed by atoms with E-state index >= 15 is 0 Å². The lowest BCUT2D eigenvalue weighted by atomic mass is 10.3. The van der Waals surface area contributed by atoms with E-state index in [1.807, 2.05) is 25.2 Å². The molecule has 60 valence electrons. The van der Waals surface area contributed by atoms with Crippen LogP contribution in [0, 0.1) is 0 Å². The lowest BCUT2D eigenvalue weighted by Crippen LogP contribution is -1.90. The number of ether oxygens (including phenoxy) is 1. The number of hydrogen-bond donors (Lipinski definition) is 2. The fraction of sp³-hybridized carbons (Fsp3) is 0.250. The van der Waals surface area contributed by atoms with E-state index in [0.29, 0.717) is 0 Å². The Morgan fingerprint density at radius 3 is 2.64 bits per heavy atom. The zero-order valence-electron chi connectivity index (χ0n) is 6.59. The topological polar surface area (TPSA) is 21.3 Å². The Labute approximate surface area is 72.0 Å². The first kappa shape index (κ1) is 8.27. The second kappa shape index (κ2) is 3.53. The van der Waals surface area contributed by atoms with Gasteiger partial charge in [-0.3, -0.25) is 0 Å². The Morgan fingerprint density at radius 1 is 1.45 bits per heavy atom. The first-order valence-corrected chi connectivity index (χ1v) is 3.77. The Kier molecular flexibility index (Phi) is 2.65. The highest BCUT2D eigenvalue weighted by atomic mass is 32.1. The summed E-state index contributed by atoms with van der Waals surface area (Å²) in [5.74, 6) is 0.828. The molecule has 1 N–H and O–H groups in total. The van der Waals surface area contributed by atoms with Crippen LogP contribution in [-0.4, -0.2) is 14.2 Å². The molecule has 0 aliphatic rings. The van der Waals surface area contributed by atoms with Gasteiger partial charge in [0.05, 0.1) is 7.11 Å². The van der Waals surface area contributed by atoms with Crippen LogP contribution in [0.2, 0.25) is 0 Å². The van der Waals surface area contributed by atoms with Crippen molar-refractivity contribution in [2.24, 2.45) is 0 Å². The van der Waals surface area contributed by atoms with Gasteiger partial charge < -0.3 is 10.1 Å². The van der Waals surface area contributed by atoms with Crippen molar-refractivity contribution in [3.05, 3.63) is 18.2 Å². The lowest BCUT2D eigenvalue weighted by Gasteiger charge is -2.05. The Hall–Kier alpha value is -0.830. The van der Waals surface area contributed by atoms with Gasteiger partial charge in [0.1, 0.15) is 5.75 Å². The fourth-order valence-electron chi connectivity index (χ4n) is 0.850. The molecule has 0 radical (unpaired) electrons. The van der Waals surface area contributed by atoms with Crippen LogP contribution < -0.4 is 10.1 Å². The van der Waals surface area contributed by atoms with Crippen molar-refractivity contribution >= 4 is 18.3 Å². The predicted octanol–water partition coefficient (Wildman–Crippen LogP) is 2.03. The molecule has 1 rings (SSSR count). The largest absolute Gasteiger partial charge is 0.497 e. The van der Waals surface area contributed by atoms with Crippen LogP contribution in [0.25, 0.3) is 0 Å². The highest BCUT2D eigenvalue weighted by Gasteiger charge is 1.97. The molecule has 0 amide bonds. The summed E-state index contributed by atoms with van der Waals surface area (Å²) in [6.07, 6.45) is 0. The zero-order chi connectivity index (χ0) is 8.27. The number of thiol groups is 1. The van der Waals surface area contributed by atoms with Gasteiger partial charge in [-0.25, -0.2) is 0 Å². The van der Waals surface area contributed by atoms with Gasteiger partial charge in [0.25, 0.3) is 0 Å². The third kappa shape index (κ3) is 1.80. The van der Waals surface area contributed by atoms with E-state index in [0.717, 1.165) is 16.3 Å². The predicted molar refractivity (Wildman–Crippen MR) is 49.8 cm³/mol. The van der Waals surface area contributed by atoms with Gasteiger partial charge in [-0.05, 0) is 18.2 Å². The molecule has 2 nitrogen and oxygen atoms in total. The number of methoxy groups -OCH3 is 1. The summed E-state index contributed by atoms with van der Waals surface area (Å²) in [6.45, 7) is 0. The van der Waals surface area contributed by atoms with Crippen LogP contribution in [0.3, 0.4) is 0 Å². The minimum atomic E-state index is 0.828. The maximum absolute atomic E-state index is 5.02. The normalized spacial score (nSPS) is 9.36. The molecule has 0 fully saturated rings. The highest BCUT2D eigenvalue weighted by molar-refractivity contribution is 7.80. The van der Waals surface area contributed by atoms with Gasteiger partial charge in [-0.2, -0.15) is 0 Å². The highest BCUT2D eigenvalue weighted by Crippen LogP contribution is 2.24. The number of nitrogens with one attached hydrogen (secondary N) is 1. The second-order valence-corrected chi connectivity index (χ2v) is 2.61. The quantitative estimate of drug-likeness (QED) is 0.661. The average Bonchev–Trinajstić information content (AvgIpc) is 2.04. The summed E-state index contributed by atoms with van der Waals surface area (Å²) in [5, 5.41) is 3.01. The summed E-state index contributed by atoms with van der Waals surface area (Å²) < 4.78 is 5.02. The van der Waals surface area contributed by atoms with E-state index in [2.05, 4.69) is 17.9 Å². The third-order valence-corrected chi connectivity index (χ3v) is 1.84. The molecule has 0 heterocycles. The maximum atomic E-state index is 5.02. The molecule has 1 aromatic carbocycles. The fourth-order valence-corrected chi connectivity index (χ4v) is 1.16. The molecule has 0 aliphatic heterocycles. The van der Waals surface area contributed by atoms with Crippen LogP contribution in [0.15, 0.2) is 23.1 Å². The van der Waals surface area contributed by atoms with Gasteiger partial charge in [0, 0.05) is 17.6 Å². The first-order valence-electron chi connectivity index (χ1n) is 3.32. The summed E-state index contributed by atoms with van der Waals surface area (Å²) in [6, 6.07) is 5.70. The Balaban J connectivity index is 2.99. The zero-order valence-corrected chi connectivity index (χ0v) is 7.48. The van der Waals surface area contributed by atoms with Gasteiger partial charge >= 0.3 is 0 Å². The minimum Gasteiger partial charge on any atom is -0.497 e. The molecule has 3 heteroatoms. The number of anilines is 1. The summed E-state index contributed by atoms with van der Waals surface area (Å²) in [7, 11) is 3.50. The van der Waals surface area contributed by atoms with E-state index in [9.17, 15) is 0 Å². The van der Waals surface area contributed by atoms with E-state index in [1.165, 1.54) is 0 Å². The summed E-state index contributed by atoms with van der Waals surface area (Å²) in [4.78, 5) is 0.895. The molecular formula is C8H11NOS. The van der Waals surface area contributed by atoms with E-state index in [-0.39, 0.29) is 0 Å². The molecule has 0 unspecified atom stereocenters. The standard InChI is InChI=1S/C8H11NOS/c1-9-7-4-3-6(10-2)5-8(7)11/h3-5,9,11H,1-2H3. The van der Waals surface area contributed by atoms with Crippen LogP contribution in [0.5, 0.6) is 5.75 Å². The first-order chi connectivity index (χ1) is 5.27. The molecule has 1 aromatic rings. The second-order valence-electron chi connectivity index (χ2n) is 2.13. The Bertz CT molecular complexity index is 250. The molecule has 0 aliphatic carbocycles. The molecule has 0 bridgehead atoms. The molecule has 11 heavy (non-hydrogen) atoms. The van der Waals surface area contributed by atoms with Gasteiger partial charge in [-0.15, -0.1) is 12.6 Å². The van der Waals surface area contributed by atoms with Crippen molar-refractivity contribution in [2.45, 2.75) is 4.90 Å². The van der Waals surface area contributed by atoms with Gasteiger partial charge in [-0.1, -0.05) is 0 Å². The summed E-state index contributed by atoms with van der Waals surface area (Å²) >= 11 is 4.26. The SMILES string of the molecule is CNc1ccc(OC)cc1S. The van der Waals surface area contributed by atoms with E-state index in [1.54, 1.807) is 7.11 Å². The van der Waals surface area contributed by atoms with Crippen molar-refractivity contribution in [1.82, 2.24) is 0 Å². The molecular weight excluding hydrogens is 158 g/mol. The van der Waals surface area contributed by atoms with E-state index < -0.39 is 0 Å². The van der Waals surface area contributed by atoms with Crippen molar-refractivity contribution in [3.63, 3.8) is 0 Å². The minimum absolute atomic E-state index is 0.828. The van der Waals surface area contributed by atoms with E-state index in [4.69, 9.17) is 4.74 Å². The van der Waals surface area contributed by atoms with Crippen LogP contribution in [0.1, 0.15) is 0 Å². The van der Waals surface area contributed by atoms with Crippen molar-refractivity contribution < 1.29 is 4.74 Å². The van der Waals surface area contributed by atoms with Gasteiger partial charge in [0.15, 0.2) is 0 Å². The van der Waals surface area contributed by atoms with Crippen molar-refractivity contribution in [2.75, 3.05) is 19.5 Å². The molecule has 0 saturated carbocycles. The molecule has 0 atom stereocenters. The number of hydrogen-bond acceptors (Lipinski definition) is 3. The van der Waals surface area contributed by atoms with Gasteiger partial charge in [0.2, 0.25) is 0 Å². The molecule has 0 aromatic heterocycles. The van der Waals surface area contributed by atoms with Crippen LogP contribution >= 0.6 is 12.6 Å². The van der Waals surface area contributed by atoms with Crippen LogP contribution in [-0.2, 0) is 0 Å². The smallest absolute Gasteiger partial charge is 0.120 e. The van der Waals surface area contributed by atoms with Crippen molar-refractivity contribution in [1.29, 1.82) is 0 Å². The maximum Gasteiger partial charge on any atom is 0.120 e. The lowest BCUT2D eigenvalue weighted by molar-refractivity contribution is 0.414. The summed E-state index contributed by atoms with van der Waals surface area (Å²) in [5.41, 5.74) is 1.01. The number of benzene rings is 1. The third-order valence-electron chi connectivity index (χ3n) is 1.47. The number of rotatable bonds is 2. The molecule has 0 spiro atoms. The monoisotopic (exact) mass is 169 g/mol. The van der Waals surface area contributed by atoms with Crippen LogP contribution in [0.4, 0.5) is 5.69 Å².